The Kier molecular flexibility index (Phi) is 6.80. The number of aromatic nitrogens is 1. The van der Waals surface area contributed by atoms with Crippen LogP contribution >= 0.6 is 22.9 Å². The third-order valence-corrected chi connectivity index (χ3v) is 7.21. The van der Waals surface area contributed by atoms with E-state index in [0.717, 1.165) is 23.5 Å². The van der Waals surface area contributed by atoms with Crippen molar-refractivity contribution in [3.63, 3.8) is 0 Å². The van der Waals surface area contributed by atoms with Crippen molar-refractivity contribution in [1.29, 1.82) is 0 Å². The van der Waals surface area contributed by atoms with Crippen molar-refractivity contribution >= 4 is 46.3 Å². The van der Waals surface area contributed by atoms with Crippen molar-refractivity contribution in [2.24, 2.45) is 5.73 Å². The van der Waals surface area contributed by atoms with E-state index in [2.05, 4.69) is 15.6 Å². The van der Waals surface area contributed by atoms with Crippen molar-refractivity contribution in [3.05, 3.63) is 103 Å². The standard InChI is InChI=1S/C26H14ClF5N4O3S/c27-17-2-1-13(28)8-15(17)21-20-16(24(39)36-21)5-10(19-9-40-25(35-19)22(33)37)6-18(20)34-23(38)11-3-12(26(30,31)32)7-14(29)4-11/h1-9,21H,(H2,33,37)(H,34,38)(H,36,39). The van der Waals surface area contributed by atoms with Crippen LogP contribution in [0.25, 0.3) is 11.3 Å². The Morgan fingerprint density at radius 3 is 2.48 bits per heavy atom. The number of benzene rings is 3. The summed E-state index contributed by atoms with van der Waals surface area (Å²) in [4.78, 5) is 41.8. The summed E-state index contributed by atoms with van der Waals surface area (Å²) in [5, 5.41) is 6.63. The van der Waals surface area contributed by atoms with E-state index < -0.39 is 52.7 Å². The number of fused-ring (bicyclic) bond motifs is 1. The van der Waals surface area contributed by atoms with Crippen LogP contribution in [0, 0.1) is 11.6 Å². The molecule has 40 heavy (non-hydrogen) atoms. The number of rotatable bonds is 5. The third kappa shape index (κ3) is 5.12. The predicted molar refractivity (Wildman–Crippen MR) is 136 cm³/mol. The Morgan fingerprint density at radius 1 is 1.05 bits per heavy atom. The molecule has 4 N–H and O–H groups in total. The quantitative estimate of drug-likeness (QED) is 0.249. The fraction of sp³-hybridized carbons (Fsp3) is 0.0769. The Labute approximate surface area is 230 Å². The van der Waals surface area contributed by atoms with Crippen molar-refractivity contribution in [3.8, 4) is 11.3 Å². The van der Waals surface area contributed by atoms with Gasteiger partial charge in [0.15, 0.2) is 5.01 Å². The van der Waals surface area contributed by atoms with Gasteiger partial charge in [-0.1, -0.05) is 11.6 Å². The monoisotopic (exact) mass is 592 g/mol. The number of carbonyl (C=O) groups is 3. The number of carbonyl (C=O) groups excluding carboxylic acids is 3. The molecule has 0 radical (unpaired) electrons. The molecule has 5 rings (SSSR count). The number of thiazole rings is 1. The van der Waals surface area contributed by atoms with Crippen molar-refractivity contribution in [2.75, 3.05) is 5.32 Å². The maximum absolute atomic E-state index is 14.1. The van der Waals surface area contributed by atoms with Crippen LogP contribution in [0.2, 0.25) is 5.02 Å². The van der Waals surface area contributed by atoms with E-state index in [1.54, 1.807) is 0 Å². The van der Waals surface area contributed by atoms with Gasteiger partial charge in [-0.05, 0) is 48.5 Å². The highest BCUT2D eigenvalue weighted by Crippen LogP contribution is 2.42. The summed E-state index contributed by atoms with van der Waals surface area (Å²) in [6.45, 7) is 0. The molecule has 14 heteroatoms. The van der Waals surface area contributed by atoms with Crippen LogP contribution in [0.3, 0.4) is 0 Å². The second-order valence-corrected chi connectivity index (χ2v) is 9.91. The zero-order valence-corrected chi connectivity index (χ0v) is 21.3. The highest BCUT2D eigenvalue weighted by atomic mass is 35.5. The molecule has 1 aliphatic heterocycles. The molecule has 0 spiro atoms. The van der Waals surface area contributed by atoms with E-state index in [9.17, 15) is 36.3 Å². The molecule has 204 valence electrons. The molecule has 0 fully saturated rings. The number of hydrogen-bond acceptors (Lipinski definition) is 5. The molecular weight excluding hydrogens is 579 g/mol. The van der Waals surface area contributed by atoms with E-state index in [1.165, 1.54) is 23.6 Å². The zero-order valence-electron chi connectivity index (χ0n) is 19.7. The lowest BCUT2D eigenvalue weighted by molar-refractivity contribution is -0.137. The molecule has 0 bridgehead atoms. The van der Waals surface area contributed by atoms with Gasteiger partial charge >= 0.3 is 6.18 Å². The lowest BCUT2D eigenvalue weighted by Crippen LogP contribution is -2.21. The molecule has 0 aliphatic carbocycles. The Morgan fingerprint density at radius 2 is 1.80 bits per heavy atom. The highest BCUT2D eigenvalue weighted by molar-refractivity contribution is 7.12. The molecule has 1 unspecified atom stereocenters. The topological polar surface area (TPSA) is 114 Å². The van der Waals surface area contributed by atoms with Gasteiger partial charge in [0.1, 0.15) is 11.6 Å². The summed E-state index contributed by atoms with van der Waals surface area (Å²) >= 11 is 7.20. The molecule has 1 aromatic heterocycles. The summed E-state index contributed by atoms with van der Waals surface area (Å²) in [6, 6.07) is 6.53. The number of nitrogens with two attached hydrogens (primary N) is 1. The van der Waals surface area contributed by atoms with Crippen molar-refractivity contribution in [1.82, 2.24) is 10.3 Å². The van der Waals surface area contributed by atoms with Gasteiger partial charge in [0.05, 0.1) is 17.3 Å². The van der Waals surface area contributed by atoms with Crippen LogP contribution in [0.1, 0.15) is 53.3 Å². The summed E-state index contributed by atoms with van der Waals surface area (Å²) in [6.07, 6.45) is -4.92. The number of halogens is 6. The molecule has 7 nitrogen and oxygen atoms in total. The van der Waals surface area contributed by atoms with Gasteiger partial charge in [-0.15, -0.1) is 11.3 Å². The predicted octanol–water partition coefficient (Wildman–Crippen LogP) is 5.94. The fourth-order valence-electron chi connectivity index (χ4n) is 4.25. The van der Waals surface area contributed by atoms with Gasteiger partial charge < -0.3 is 16.4 Å². The van der Waals surface area contributed by atoms with Gasteiger partial charge in [0, 0.05) is 43.9 Å². The normalized spacial score (nSPS) is 14.6. The lowest BCUT2D eigenvalue weighted by Gasteiger charge is -2.19. The summed E-state index contributed by atoms with van der Waals surface area (Å²) in [7, 11) is 0. The first-order valence-corrected chi connectivity index (χ1v) is 12.5. The van der Waals surface area contributed by atoms with Gasteiger partial charge in [0.2, 0.25) is 0 Å². The second-order valence-electron chi connectivity index (χ2n) is 8.64. The maximum atomic E-state index is 14.1. The molecule has 0 saturated carbocycles. The van der Waals surface area contributed by atoms with Crippen molar-refractivity contribution in [2.45, 2.75) is 12.2 Å². The van der Waals surface area contributed by atoms with E-state index in [4.69, 9.17) is 17.3 Å². The van der Waals surface area contributed by atoms with Crippen molar-refractivity contribution < 1.29 is 36.3 Å². The second kappa shape index (κ2) is 9.99. The fourth-order valence-corrected chi connectivity index (χ4v) is 5.16. The van der Waals surface area contributed by atoms with E-state index in [0.29, 0.717) is 12.1 Å². The number of hydrogen-bond donors (Lipinski definition) is 3. The Bertz CT molecular complexity index is 1720. The van der Waals surface area contributed by atoms with E-state index in [-0.39, 0.29) is 49.7 Å². The molecular formula is C26H14ClF5N4O3S. The van der Waals surface area contributed by atoms with Gasteiger partial charge in [-0.3, -0.25) is 14.4 Å². The largest absolute Gasteiger partial charge is 0.416 e. The Balaban J connectivity index is 1.66. The number of amides is 3. The molecule has 0 saturated heterocycles. The first-order valence-electron chi connectivity index (χ1n) is 11.2. The van der Waals surface area contributed by atoms with Gasteiger partial charge in [-0.25, -0.2) is 13.8 Å². The number of alkyl halides is 3. The maximum Gasteiger partial charge on any atom is 0.416 e. The molecule has 1 aliphatic rings. The minimum Gasteiger partial charge on any atom is -0.364 e. The Hall–Kier alpha value is -4.36. The van der Waals surface area contributed by atoms with Crippen LogP contribution in [0.4, 0.5) is 27.6 Å². The zero-order chi connectivity index (χ0) is 28.9. The average Bonchev–Trinajstić information content (AvgIpc) is 3.50. The highest BCUT2D eigenvalue weighted by Gasteiger charge is 2.36. The van der Waals surface area contributed by atoms with Crippen LogP contribution in [-0.2, 0) is 6.18 Å². The molecule has 2 heterocycles. The summed E-state index contributed by atoms with van der Waals surface area (Å²) in [5.74, 6) is -4.50. The van der Waals surface area contributed by atoms with Crippen LogP contribution in [0.15, 0.2) is 53.9 Å². The molecule has 3 aromatic carbocycles. The minimum absolute atomic E-state index is 0.0157. The van der Waals surface area contributed by atoms with Crippen LogP contribution in [-0.4, -0.2) is 22.7 Å². The van der Waals surface area contributed by atoms with Gasteiger partial charge in [0.25, 0.3) is 17.7 Å². The summed E-state index contributed by atoms with van der Waals surface area (Å²) in [5.41, 5.74) is 3.93. The lowest BCUT2D eigenvalue weighted by atomic mass is 9.93. The molecule has 4 aromatic rings. The SMILES string of the molecule is NC(=O)c1nc(-c2cc(NC(=O)c3cc(F)cc(C(F)(F)F)c3)c3c(c2)C(=O)NC3c2cc(F)ccc2Cl)cs1. The molecule has 1 atom stereocenters. The number of nitrogens with zero attached hydrogens (tertiary/aromatic N) is 1. The van der Waals surface area contributed by atoms with Gasteiger partial charge in [-0.2, -0.15) is 13.2 Å². The first-order chi connectivity index (χ1) is 18.8. The smallest absolute Gasteiger partial charge is 0.364 e. The molecule has 3 amide bonds. The first kappa shape index (κ1) is 27.2. The number of primary amides is 1. The van der Waals surface area contributed by atoms with Crippen LogP contribution < -0.4 is 16.4 Å². The van der Waals surface area contributed by atoms with Crippen LogP contribution in [0.5, 0.6) is 0 Å². The number of nitrogens with one attached hydrogen (secondary N) is 2. The third-order valence-electron chi connectivity index (χ3n) is 6.00. The average molecular weight is 593 g/mol. The van der Waals surface area contributed by atoms with E-state index in [1.807, 2.05) is 0 Å². The van der Waals surface area contributed by atoms with E-state index >= 15 is 0 Å². The summed E-state index contributed by atoms with van der Waals surface area (Å²) < 4.78 is 67.9. The number of anilines is 1. The minimum atomic E-state index is -4.92.